The Balaban J connectivity index is 1.22. The molecule has 1 nitrogen and oxygen atoms in total. The molecular weight excluding hydrogens is 529 g/mol. The van der Waals surface area contributed by atoms with E-state index in [9.17, 15) is 8.78 Å². The van der Waals surface area contributed by atoms with Gasteiger partial charge in [-0.2, -0.15) is 4.39 Å². The van der Waals surface area contributed by atoms with Crippen LogP contribution in [0.3, 0.4) is 0 Å². The summed E-state index contributed by atoms with van der Waals surface area (Å²) in [5.41, 5.74) is 4.17. The quantitative estimate of drug-likeness (QED) is 0.207. The molecule has 0 aliphatic heterocycles. The summed E-state index contributed by atoms with van der Waals surface area (Å²) in [5.74, 6) is 0.358. The molecule has 0 radical (unpaired) electrons. The zero-order valence-electron chi connectivity index (χ0n) is 25.2. The van der Waals surface area contributed by atoms with E-state index in [0.29, 0.717) is 17.7 Å². The lowest BCUT2D eigenvalue weighted by molar-refractivity contribution is 0.189. The third kappa shape index (κ3) is 7.13. The van der Waals surface area contributed by atoms with Crippen LogP contribution in [0.5, 0.6) is 5.75 Å². The van der Waals surface area contributed by atoms with Crippen LogP contribution >= 0.6 is 0 Å². The van der Waals surface area contributed by atoms with Gasteiger partial charge in [-0.05, 0) is 96.7 Å². The van der Waals surface area contributed by atoms with Crippen molar-refractivity contribution in [2.24, 2.45) is 17.8 Å². The Morgan fingerprint density at radius 2 is 1.40 bits per heavy atom. The summed E-state index contributed by atoms with van der Waals surface area (Å²) < 4.78 is 50.3. The minimum absolute atomic E-state index is 0.0577. The van der Waals surface area contributed by atoms with E-state index < -0.39 is 11.6 Å². The molecule has 1 fully saturated rings. The first-order valence-corrected chi connectivity index (χ1v) is 16.2. The van der Waals surface area contributed by atoms with Crippen LogP contribution in [0.15, 0.2) is 60.7 Å². The fourth-order valence-electron chi connectivity index (χ4n) is 7.08. The summed E-state index contributed by atoms with van der Waals surface area (Å²) >= 11 is 0. The Labute approximate surface area is 250 Å². The Hall–Kier alpha value is -3.01. The van der Waals surface area contributed by atoms with Gasteiger partial charge in [0.2, 0.25) is 5.82 Å². The molecule has 3 aromatic rings. The minimum Gasteiger partial charge on any atom is -0.490 e. The van der Waals surface area contributed by atoms with Crippen LogP contribution in [-0.4, -0.2) is 6.61 Å². The molecule has 42 heavy (non-hydrogen) atoms. The summed E-state index contributed by atoms with van der Waals surface area (Å²) in [6.45, 7) is 4.74. The molecule has 224 valence electrons. The molecule has 0 spiro atoms. The fraction of sp³-hybridized carbons (Fsp3) is 0.474. The Bertz CT molecular complexity index is 1350. The number of benzene rings is 3. The molecule has 0 N–H and O–H groups in total. The van der Waals surface area contributed by atoms with Crippen LogP contribution in [0, 0.1) is 35.2 Å². The first-order chi connectivity index (χ1) is 20.5. The average molecular weight is 575 g/mol. The first kappa shape index (κ1) is 30.4. The highest BCUT2D eigenvalue weighted by Gasteiger charge is 2.29. The molecule has 2 aliphatic carbocycles. The van der Waals surface area contributed by atoms with Gasteiger partial charge >= 0.3 is 0 Å². The predicted molar refractivity (Wildman–Crippen MR) is 168 cm³/mol. The van der Waals surface area contributed by atoms with Gasteiger partial charge in [0.05, 0.1) is 6.61 Å². The largest absolute Gasteiger partial charge is 0.490 e. The van der Waals surface area contributed by atoms with Crippen molar-refractivity contribution >= 4 is 5.57 Å². The third-order valence-corrected chi connectivity index (χ3v) is 9.60. The van der Waals surface area contributed by atoms with E-state index in [1.807, 2.05) is 24.3 Å². The molecule has 2 aliphatic rings. The Morgan fingerprint density at radius 3 is 2.07 bits per heavy atom. The number of ether oxygens (including phenoxy) is 1. The maximum atomic E-state index is 15.4. The van der Waals surface area contributed by atoms with Crippen molar-refractivity contribution in [3.05, 3.63) is 83.7 Å². The fourth-order valence-corrected chi connectivity index (χ4v) is 7.08. The van der Waals surface area contributed by atoms with Crippen LogP contribution in [0.25, 0.3) is 27.8 Å². The smallest absolute Gasteiger partial charge is 0.201 e. The van der Waals surface area contributed by atoms with E-state index in [1.165, 1.54) is 44.6 Å². The molecule has 5 rings (SSSR count). The van der Waals surface area contributed by atoms with E-state index in [4.69, 9.17) is 4.74 Å². The van der Waals surface area contributed by atoms with Crippen molar-refractivity contribution < 1.29 is 17.9 Å². The lowest BCUT2D eigenvalue weighted by atomic mass is 9.70. The van der Waals surface area contributed by atoms with Gasteiger partial charge in [-0.15, -0.1) is 0 Å². The van der Waals surface area contributed by atoms with Gasteiger partial charge in [-0.25, -0.2) is 8.78 Å². The van der Waals surface area contributed by atoms with E-state index in [0.717, 1.165) is 73.0 Å². The molecule has 4 heteroatoms. The van der Waals surface area contributed by atoms with Crippen molar-refractivity contribution in [3.63, 3.8) is 0 Å². The molecule has 0 aromatic heterocycles. The molecule has 1 atom stereocenters. The van der Waals surface area contributed by atoms with Crippen molar-refractivity contribution in [2.75, 3.05) is 6.61 Å². The van der Waals surface area contributed by atoms with Gasteiger partial charge in [-0.3, -0.25) is 0 Å². The third-order valence-electron chi connectivity index (χ3n) is 9.60. The van der Waals surface area contributed by atoms with E-state index in [-0.39, 0.29) is 17.1 Å². The zero-order chi connectivity index (χ0) is 29.5. The van der Waals surface area contributed by atoms with Crippen LogP contribution in [0.1, 0.15) is 96.5 Å². The van der Waals surface area contributed by atoms with Crippen molar-refractivity contribution in [3.8, 4) is 28.0 Å². The second-order valence-corrected chi connectivity index (χ2v) is 12.4. The summed E-state index contributed by atoms with van der Waals surface area (Å²) in [6, 6.07) is 15.7. The number of hydrogen-bond acceptors (Lipinski definition) is 1. The summed E-state index contributed by atoms with van der Waals surface area (Å²) in [4.78, 5) is 0. The van der Waals surface area contributed by atoms with Crippen LogP contribution in [0.4, 0.5) is 13.2 Å². The predicted octanol–water partition coefficient (Wildman–Crippen LogP) is 11.8. The zero-order valence-corrected chi connectivity index (χ0v) is 25.2. The molecular formula is C38H45F3O. The summed E-state index contributed by atoms with van der Waals surface area (Å²) in [5, 5.41) is 0. The lowest BCUT2D eigenvalue weighted by Gasteiger charge is -2.35. The molecule has 0 heterocycles. The molecule has 0 bridgehead atoms. The highest BCUT2D eigenvalue weighted by atomic mass is 19.2. The van der Waals surface area contributed by atoms with Gasteiger partial charge in [0, 0.05) is 11.1 Å². The molecule has 3 aromatic carbocycles. The van der Waals surface area contributed by atoms with Crippen molar-refractivity contribution in [1.82, 2.24) is 0 Å². The highest BCUT2D eigenvalue weighted by Crippen LogP contribution is 2.42. The minimum atomic E-state index is -0.964. The van der Waals surface area contributed by atoms with E-state index in [1.54, 1.807) is 24.3 Å². The van der Waals surface area contributed by atoms with Gasteiger partial charge < -0.3 is 4.74 Å². The van der Waals surface area contributed by atoms with Gasteiger partial charge in [-0.1, -0.05) is 94.8 Å². The van der Waals surface area contributed by atoms with E-state index in [2.05, 4.69) is 19.9 Å². The van der Waals surface area contributed by atoms with Gasteiger partial charge in [0.15, 0.2) is 11.6 Å². The van der Waals surface area contributed by atoms with Crippen LogP contribution in [0.2, 0.25) is 0 Å². The SMILES string of the molecule is CCCCCOc1ccc(-c2ccc(-c3ccc(C4=CCC(C5CCC(CCC)CC5)CC4)c(F)c3)cc2)c(F)c1F. The van der Waals surface area contributed by atoms with E-state index >= 15 is 4.39 Å². The van der Waals surface area contributed by atoms with Crippen molar-refractivity contribution in [1.29, 1.82) is 0 Å². The number of unbranched alkanes of at least 4 members (excludes halogenated alkanes) is 2. The Kier molecular flexibility index (Phi) is 10.5. The summed E-state index contributed by atoms with van der Waals surface area (Å²) in [7, 11) is 0. The second kappa shape index (κ2) is 14.4. The topological polar surface area (TPSA) is 9.23 Å². The average Bonchev–Trinajstić information content (AvgIpc) is 3.02. The molecule has 1 unspecified atom stereocenters. The first-order valence-electron chi connectivity index (χ1n) is 16.2. The van der Waals surface area contributed by atoms with Gasteiger partial charge in [0.25, 0.3) is 0 Å². The molecule has 0 amide bonds. The Morgan fingerprint density at radius 1 is 0.690 bits per heavy atom. The summed E-state index contributed by atoms with van der Waals surface area (Å²) in [6.07, 6.45) is 16.4. The normalized spacial score (nSPS) is 20.8. The monoisotopic (exact) mass is 574 g/mol. The van der Waals surface area contributed by atoms with Gasteiger partial charge in [0.1, 0.15) is 5.82 Å². The standard InChI is InChI=1S/C38H45F3O/c1-3-5-6-24-42-36-23-22-34(37(40)38(36)41)31-18-14-29(15-19-31)32-20-21-33(35(39)25-32)30-16-12-28(13-17-30)27-10-8-26(7-4-2)9-11-27/h14-16,18-23,25-28H,3-13,17,24H2,1-2H3. The maximum absolute atomic E-state index is 15.4. The van der Waals surface area contributed by atoms with Crippen molar-refractivity contribution in [2.45, 2.75) is 90.9 Å². The molecule has 0 saturated heterocycles. The maximum Gasteiger partial charge on any atom is 0.201 e. The van der Waals surface area contributed by atoms with Crippen LogP contribution < -0.4 is 4.74 Å². The lowest BCUT2D eigenvalue weighted by Crippen LogP contribution is -2.23. The molecule has 1 saturated carbocycles. The highest BCUT2D eigenvalue weighted by molar-refractivity contribution is 5.74. The van der Waals surface area contributed by atoms with Crippen LogP contribution in [-0.2, 0) is 0 Å². The number of allylic oxidation sites excluding steroid dienone is 2. The second-order valence-electron chi connectivity index (χ2n) is 12.4. The number of hydrogen-bond donors (Lipinski definition) is 0. The number of halogens is 3. The number of rotatable bonds is 11.